The van der Waals surface area contributed by atoms with E-state index in [-0.39, 0.29) is 10.9 Å². The highest BCUT2D eigenvalue weighted by molar-refractivity contribution is 7.70. The topological polar surface area (TPSA) is 209 Å². The van der Waals surface area contributed by atoms with E-state index in [2.05, 4.69) is 20.3 Å². The van der Waals surface area contributed by atoms with Crippen LogP contribution in [0.3, 0.4) is 0 Å². The summed E-state index contributed by atoms with van der Waals surface area (Å²) in [5, 5.41) is 26.3. The van der Waals surface area contributed by atoms with Gasteiger partial charge in [0.1, 0.15) is 18.3 Å². The number of fused-ring (bicyclic) bond motifs is 2. The van der Waals surface area contributed by atoms with Crippen LogP contribution in [0.2, 0.25) is 5.28 Å². The average molecular weight is 600 g/mol. The normalized spacial score (nSPS) is 23.3. The standard InChI is InChI=1S/C22H24ClN5O9P2/c23-22-26-19(24-8-12-5-6-13-3-1-2-4-14(13)7-12)16-20(27-22)28(10-25-16)21-18(30)17(29)15(37-21)9-36-39(34,35)11-38(31,32)33/h1-7,10,15,17-18,21,29-30H,8-9,11H2,(H,34,35)(H,24,26,27)(H2,31,32,33)/t15-,17+,18+,21-/m1/s1. The van der Waals surface area contributed by atoms with Crippen LogP contribution in [0.1, 0.15) is 11.8 Å². The van der Waals surface area contributed by atoms with Crippen molar-refractivity contribution in [3.63, 3.8) is 0 Å². The zero-order valence-electron chi connectivity index (χ0n) is 20.0. The van der Waals surface area contributed by atoms with Crippen molar-refractivity contribution in [2.45, 2.75) is 31.1 Å². The fourth-order valence-electron chi connectivity index (χ4n) is 4.29. The number of aliphatic hydroxyl groups is 2. The van der Waals surface area contributed by atoms with Gasteiger partial charge in [0.15, 0.2) is 29.1 Å². The first-order chi connectivity index (χ1) is 18.4. The monoisotopic (exact) mass is 599 g/mol. The molecule has 5 atom stereocenters. The summed E-state index contributed by atoms with van der Waals surface area (Å²) >= 11 is 6.17. The zero-order chi connectivity index (χ0) is 27.9. The Bertz CT molecular complexity index is 1620. The van der Waals surface area contributed by atoms with Gasteiger partial charge in [0.25, 0.3) is 0 Å². The van der Waals surface area contributed by atoms with Crippen LogP contribution in [0.25, 0.3) is 21.9 Å². The summed E-state index contributed by atoms with van der Waals surface area (Å²) < 4.78 is 34.7. The molecule has 39 heavy (non-hydrogen) atoms. The number of hydrogen-bond donors (Lipinski definition) is 6. The minimum Gasteiger partial charge on any atom is -0.387 e. The van der Waals surface area contributed by atoms with Crippen molar-refractivity contribution in [1.82, 2.24) is 19.5 Å². The van der Waals surface area contributed by atoms with Crippen molar-refractivity contribution in [2.75, 3.05) is 17.8 Å². The van der Waals surface area contributed by atoms with Gasteiger partial charge in [-0.05, 0) is 34.0 Å². The molecule has 2 aromatic carbocycles. The third-order valence-corrected chi connectivity index (χ3v) is 9.71. The summed E-state index contributed by atoms with van der Waals surface area (Å²) in [6, 6.07) is 14.0. The number of rotatable bonds is 9. The first-order valence-corrected chi connectivity index (χ1v) is 15.5. The lowest BCUT2D eigenvalue weighted by Gasteiger charge is -2.18. The molecule has 17 heteroatoms. The Labute approximate surface area is 225 Å². The molecule has 1 aliphatic heterocycles. The molecule has 1 saturated heterocycles. The van der Waals surface area contributed by atoms with Crippen LogP contribution in [0.5, 0.6) is 0 Å². The molecule has 2 aromatic heterocycles. The molecule has 0 amide bonds. The molecular weight excluding hydrogens is 576 g/mol. The van der Waals surface area contributed by atoms with E-state index < -0.39 is 52.2 Å². The summed E-state index contributed by atoms with van der Waals surface area (Å²) in [6.07, 6.45) is -4.32. The summed E-state index contributed by atoms with van der Waals surface area (Å²) in [5.74, 6) is -1.07. The lowest BCUT2D eigenvalue weighted by molar-refractivity contribution is -0.0483. The zero-order valence-corrected chi connectivity index (χ0v) is 22.5. The van der Waals surface area contributed by atoms with Gasteiger partial charge in [-0.25, -0.2) is 4.98 Å². The SMILES string of the molecule is O=P(O)(O)CP(=O)(O)OC[C@H]1O[C@@H](n2cnc3c(NCc4ccc5ccccc5c4)nc(Cl)nc32)[C@@H](O)[C@H]1O. The van der Waals surface area contributed by atoms with Crippen LogP contribution < -0.4 is 5.32 Å². The predicted octanol–water partition coefficient (Wildman–Crippen LogP) is 2.20. The van der Waals surface area contributed by atoms with E-state index in [1.165, 1.54) is 10.9 Å². The lowest BCUT2D eigenvalue weighted by atomic mass is 10.1. The Morgan fingerprint density at radius 3 is 2.54 bits per heavy atom. The molecular formula is C22H24ClN5O9P2. The molecule has 0 bridgehead atoms. The molecule has 0 radical (unpaired) electrons. The quantitative estimate of drug-likeness (QED) is 0.120. The van der Waals surface area contributed by atoms with Gasteiger partial charge in [-0.3, -0.25) is 13.7 Å². The van der Waals surface area contributed by atoms with Gasteiger partial charge in [0, 0.05) is 6.54 Å². The van der Waals surface area contributed by atoms with Gasteiger partial charge < -0.3 is 39.5 Å². The van der Waals surface area contributed by atoms with Crippen molar-refractivity contribution in [3.05, 3.63) is 59.6 Å². The first kappa shape index (κ1) is 28.1. The second-order valence-corrected chi connectivity index (χ2v) is 13.3. The maximum absolute atomic E-state index is 12.0. The van der Waals surface area contributed by atoms with E-state index in [1.54, 1.807) is 0 Å². The van der Waals surface area contributed by atoms with Crippen LogP contribution in [0.4, 0.5) is 5.82 Å². The number of ether oxygens (including phenoxy) is 1. The molecule has 1 aliphatic rings. The molecule has 4 aromatic rings. The predicted molar refractivity (Wildman–Crippen MR) is 140 cm³/mol. The molecule has 1 unspecified atom stereocenters. The Balaban J connectivity index is 1.34. The summed E-state index contributed by atoms with van der Waals surface area (Å²) in [4.78, 5) is 40.3. The largest absolute Gasteiger partial charge is 0.387 e. The minimum absolute atomic E-state index is 0.114. The van der Waals surface area contributed by atoms with Gasteiger partial charge in [-0.2, -0.15) is 9.97 Å². The van der Waals surface area contributed by atoms with E-state index in [1.807, 2.05) is 42.5 Å². The van der Waals surface area contributed by atoms with Crippen molar-refractivity contribution < 1.29 is 43.3 Å². The molecule has 208 valence electrons. The number of anilines is 1. The number of aliphatic hydroxyl groups excluding tert-OH is 2. The smallest absolute Gasteiger partial charge is 0.340 e. The Morgan fingerprint density at radius 1 is 1.05 bits per heavy atom. The van der Waals surface area contributed by atoms with E-state index in [4.69, 9.17) is 30.6 Å². The summed E-state index contributed by atoms with van der Waals surface area (Å²) in [7, 11) is -9.53. The fraction of sp³-hybridized carbons (Fsp3) is 0.318. The number of halogens is 1. The molecule has 5 rings (SSSR count). The van der Waals surface area contributed by atoms with Crippen LogP contribution >= 0.6 is 26.8 Å². The van der Waals surface area contributed by atoms with Crippen molar-refractivity contribution in [1.29, 1.82) is 0 Å². The Hall–Kier alpha value is -2.48. The summed E-state index contributed by atoms with van der Waals surface area (Å²) in [5.41, 5.74) is 1.48. The second-order valence-electron chi connectivity index (χ2n) is 8.99. The van der Waals surface area contributed by atoms with Crippen molar-refractivity contribution in [2.24, 2.45) is 0 Å². The van der Waals surface area contributed by atoms with Crippen LogP contribution in [0, 0.1) is 0 Å². The van der Waals surface area contributed by atoms with Crippen molar-refractivity contribution >= 4 is 54.5 Å². The first-order valence-electron chi connectivity index (χ1n) is 11.5. The van der Waals surface area contributed by atoms with Gasteiger partial charge in [-0.15, -0.1) is 0 Å². The van der Waals surface area contributed by atoms with Crippen LogP contribution in [0.15, 0.2) is 48.8 Å². The molecule has 0 spiro atoms. The highest BCUT2D eigenvalue weighted by Gasteiger charge is 2.45. The van der Waals surface area contributed by atoms with Gasteiger partial charge in [0.05, 0.1) is 12.9 Å². The van der Waals surface area contributed by atoms with E-state index in [0.717, 1.165) is 16.3 Å². The van der Waals surface area contributed by atoms with Crippen molar-refractivity contribution in [3.8, 4) is 0 Å². The van der Waals surface area contributed by atoms with E-state index in [0.29, 0.717) is 17.9 Å². The van der Waals surface area contributed by atoms with Crippen LogP contribution in [-0.4, -0.2) is 75.2 Å². The highest BCUT2D eigenvalue weighted by atomic mass is 35.5. The molecule has 1 fully saturated rings. The number of hydrogen-bond acceptors (Lipinski definition) is 10. The van der Waals surface area contributed by atoms with Crippen LogP contribution in [-0.2, 0) is 24.9 Å². The molecule has 0 saturated carbocycles. The highest BCUT2D eigenvalue weighted by Crippen LogP contribution is 2.55. The third-order valence-electron chi connectivity index (χ3n) is 6.08. The maximum atomic E-state index is 12.0. The third kappa shape index (κ3) is 6.31. The molecule has 14 nitrogen and oxygen atoms in total. The lowest BCUT2D eigenvalue weighted by Crippen LogP contribution is -2.33. The minimum atomic E-state index is -4.84. The average Bonchev–Trinajstić information content (AvgIpc) is 3.40. The Morgan fingerprint density at radius 2 is 1.79 bits per heavy atom. The fourth-order valence-corrected chi connectivity index (χ4v) is 7.03. The maximum Gasteiger partial charge on any atom is 0.340 e. The number of benzene rings is 2. The van der Waals surface area contributed by atoms with Gasteiger partial charge >= 0.3 is 15.2 Å². The van der Waals surface area contributed by atoms with E-state index >= 15 is 0 Å². The number of aromatic nitrogens is 4. The molecule has 3 heterocycles. The Kier molecular flexibility index (Phi) is 7.79. The van der Waals surface area contributed by atoms with Gasteiger partial charge in [0.2, 0.25) is 5.28 Å². The summed E-state index contributed by atoms with van der Waals surface area (Å²) in [6.45, 7) is -0.319. The molecule has 6 N–H and O–H groups in total. The number of nitrogens with zero attached hydrogens (tertiary/aromatic N) is 4. The number of imidazole rings is 1. The molecule has 0 aliphatic carbocycles. The van der Waals surface area contributed by atoms with Gasteiger partial charge in [-0.1, -0.05) is 36.4 Å². The number of nitrogens with one attached hydrogen (secondary N) is 1. The van der Waals surface area contributed by atoms with E-state index in [9.17, 15) is 24.2 Å². The second kappa shape index (κ2) is 10.8.